The van der Waals surface area contributed by atoms with Crippen LogP contribution in [0.15, 0.2) is 18.2 Å². The summed E-state index contributed by atoms with van der Waals surface area (Å²) in [4.78, 5) is 2.44. The van der Waals surface area contributed by atoms with Crippen molar-refractivity contribution in [2.24, 2.45) is 5.73 Å². The van der Waals surface area contributed by atoms with Gasteiger partial charge in [-0.1, -0.05) is 31.0 Å². The molecule has 1 heterocycles. The number of nitrogens with zero attached hydrogens (tertiary/aromatic N) is 1. The number of hydrogen-bond donors (Lipinski definition) is 1. The average molecular weight is 285 g/mol. The normalized spacial score (nSPS) is 22.4. The molecule has 2 rings (SSSR count). The summed E-state index contributed by atoms with van der Waals surface area (Å²) in [5.74, 6) is -0.359. The Morgan fingerprint density at radius 2 is 2.26 bits per heavy atom. The van der Waals surface area contributed by atoms with Crippen molar-refractivity contribution in [2.75, 3.05) is 13.1 Å². The van der Waals surface area contributed by atoms with Crippen molar-refractivity contribution in [2.45, 2.75) is 44.7 Å². The van der Waals surface area contributed by atoms with E-state index in [0.29, 0.717) is 12.6 Å². The summed E-state index contributed by atoms with van der Waals surface area (Å²) in [5, 5.41) is 0.171. The lowest BCUT2D eigenvalue weighted by molar-refractivity contribution is 0.0948. The summed E-state index contributed by atoms with van der Waals surface area (Å²) >= 11 is 5.75. The summed E-state index contributed by atoms with van der Waals surface area (Å²) in [7, 11) is 0. The highest BCUT2D eigenvalue weighted by Crippen LogP contribution is 2.30. The van der Waals surface area contributed by atoms with Crippen LogP contribution in [0.1, 0.15) is 44.2 Å². The van der Waals surface area contributed by atoms with Crippen LogP contribution in [0.4, 0.5) is 4.39 Å². The molecule has 0 bridgehead atoms. The van der Waals surface area contributed by atoms with Crippen molar-refractivity contribution in [3.63, 3.8) is 0 Å². The first-order chi connectivity index (χ1) is 9.17. The van der Waals surface area contributed by atoms with Gasteiger partial charge in [-0.15, -0.1) is 0 Å². The first-order valence-corrected chi connectivity index (χ1v) is 7.46. The van der Waals surface area contributed by atoms with Gasteiger partial charge in [-0.05, 0) is 43.5 Å². The lowest BCUT2D eigenvalue weighted by Gasteiger charge is -2.41. The lowest BCUT2D eigenvalue weighted by atomic mass is 9.95. The standard InChI is InChI=1S/C15H22ClFN2/c1-2-12-5-3-4-8-19(12)15(10-18)11-6-7-13(16)14(17)9-11/h6-7,9,12,15H,2-5,8,10,18H2,1H3. The van der Waals surface area contributed by atoms with Crippen LogP contribution in [0.2, 0.25) is 5.02 Å². The highest BCUT2D eigenvalue weighted by atomic mass is 35.5. The SMILES string of the molecule is CCC1CCCCN1C(CN)c1ccc(Cl)c(F)c1. The fourth-order valence-electron chi connectivity index (χ4n) is 3.05. The van der Waals surface area contributed by atoms with Crippen LogP contribution >= 0.6 is 11.6 Å². The highest BCUT2D eigenvalue weighted by Gasteiger charge is 2.28. The van der Waals surface area contributed by atoms with Crippen LogP contribution in [0.5, 0.6) is 0 Å². The summed E-state index contributed by atoms with van der Waals surface area (Å²) in [5.41, 5.74) is 6.88. The molecule has 0 aliphatic carbocycles. The van der Waals surface area contributed by atoms with Crippen molar-refractivity contribution in [3.8, 4) is 0 Å². The average Bonchev–Trinajstić information content (AvgIpc) is 2.44. The van der Waals surface area contributed by atoms with Crippen LogP contribution in [0.3, 0.4) is 0 Å². The number of likely N-dealkylation sites (tertiary alicyclic amines) is 1. The van der Waals surface area contributed by atoms with Crippen LogP contribution in [0, 0.1) is 5.82 Å². The second-order valence-corrected chi connectivity index (χ2v) is 5.63. The molecule has 2 unspecified atom stereocenters. The topological polar surface area (TPSA) is 29.3 Å². The Morgan fingerprint density at radius 1 is 1.47 bits per heavy atom. The summed E-state index contributed by atoms with van der Waals surface area (Å²) in [6, 6.07) is 5.70. The molecule has 0 amide bonds. The van der Waals surface area contributed by atoms with E-state index >= 15 is 0 Å². The van der Waals surface area contributed by atoms with Crippen molar-refractivity contribution < 1.29 is 4.39 Å². The van der Waals surface area contributed by atoms with Crippen molar-refractivity contribution in [3.05, 3.63) is 34.6 Å². The number of rotatable bonds is 4. The lowest BCUT2D eigenvalue weighted by Crippen LogP contribution is -2.44. The van der Waals surface area contributed by atoms with E-state index in [1.54, 1.807) is 6.07 Å². The molecule has 106 valence electrons. The zero-order valence-corrected chi connectivity index (χ0v) is 12.2. The molecule has 2 atom stereocenters. The summed E-state index contributed by atoms with van der Waals surface area (Å²) in [6.45, 7) is 3.77. The van der Waals surface area contributed by atoms with Crippen molar-refractivity contribution in [1.29, 1.82) is 0 Å². The molecule has 2 N–H and O–H groups in total. The minimum Gasteiger partial charge on any atom is -0.329 e. The zero-order valence-electron chi connectivity index (χ0n) is 11.4. The van der Waals surface area contributed by atoms with Gasteiger partial charge < -0.3 is 5.73 Å². The number of halogens is 2. The Hall–Kier alpha value is -0.640. The molecule has 2 nitrogen and oxygen atoms in total. The molecule has 0 radical (unpaired) electrons. The van der Waals surface area contributed by atoms with Crippen LogP contribution in [-0.4, -0.2) is 24.0 Å². The van der Waals surface area contributed by atoms with E-state index in [9.17, 15) is 4.39 Å². The molecule has 0 aromatic heterocycles. The van der Waals surface area contributed by atoms with E-state index in [0.717, 1.165) is 18.5 Å². The first kappa shape index (κ1) is 14.8. The zero-order chi connectivity index (χ0) is 13.8. The minimum absolute atomic E-state index is 0.0945. The molecule has 1 aliphatic rings. The summed E-state index contributed by atoms with van der Waals surface area (Å²) < 4.78 is 13.6. The van der Waals surface area contributed by atoms with Gasteiger partial charge in [0.25, 0.3) is 0 Å². The summed E-state index contributed by atoms with van der Waals surface area (Å²) in [6.07, 6.45) is 4.81. The van der Waals surface area contributed by atoms with Crippen molar-refractivity contribution >= 4 is 11.6 Å². The Labute approximate surface area is 119 Å². The highest BCUT2D eigenvalue weighted by molar-refractivity contribution is 6.30. The molecule has 19 heavy (non-hydrogen) atoms. The molecule has 1 saturated heterocycles. The molecule has 1 aromatic carbocycles. The molecule has 1 fully saturated rings. The molecule has 0 spiro atoms. The van der Waals surface area contributed by atoms with Gasteiger partial charge >= 0.3 is 0 Å². The Kier molecular flexibility index (Phi) is 5.20. The number of benzene rings is 1. The third-order valence-electron chi connectivity index (χ3n) is 4.10. The molecule has 1 aromatic rings. The predicted molar refractivity (Wildman–Crippen MR) is 77.8 cm³/mol. The Balaban J connectivity index is 2.24. The Morgan fingerprint density at radius 3 is 2.89 bits per heavy atom. The van der Waals surface area contributed by atoms with E-state index in [1.807, 2.05) is 6.07 Å². The van der Waals surface area contributed by atoms with Gasteiger partial charge in [-0.25, -0.2) is 4.39 Å². The second-order valence-electron chi connectivity index (χ2n) is 5.22. The van der Waals surface area contributed by atoms with Crippen LogP contribution in [0.25, 0.3) is 0 Å². The quantitative estimate of drug-likeness (QED) is 0.912. The predicted octanol–water partition coefficient (Wildman–Crippen LogP) is 3.74. The van der Waals surface area contributed by atoms with Gasteiger partial charge in [0.15, 0.2) is 0 Å². The third-order valence-corrected chi connectivity index (χ3v) is 4.40. The second kappa shape index (κ2) is 6.69. The van der Waals surface area contributed by atoms with Gasteiger partial charge in [0.1, 0.15) is 5.82 Å². The molecular formula is C15H22ClFN2. The van der Waals surface area contributed by atoms with E-state index in [2.05, 4.69) is 11.8 Å². The number of hydrogen-bond acceptors (Lipinski definition) is 2. The third kappa shape index (κ3) is 3.28. The molecule has 0 saturated carbocycles. The number of nitrogens with two attached hydrogens (primary N) is 1. The maximum atomic E-state index is 13.6. The van der Waals surface area contributed by atoms with Gasteiger partial charge in [-0.3, -0.25) is 4.90 Å². The molecule has 4 heteroatoms. The van der Waals surface area contributed by atoms with E-state index in [1.165, 1.54) is 25.3 Å². The smallest absolute Gasteiger partial charge is 0.142 e. The monoisotopic (exact) mass is 284 g/mol. The molecular weight excluding hydrogens is 263 g/mol. The fraction of sp³-hybridized carbons (Fsp3) is 0.600. The van der Waals surface area contributed by atoms with Gasteiger partial charge in [0.05, 0.1) is 5.02 Å². The first-order valence-electron chi connectivity index (χ1n) is 7.08. The largest absolute Gasteiger partial charge is 0.329 e. The van der Waals surface area contributed by atoms with Crippen LogP contribution < -0.4 is 5.73 Å². The fourth-order valence-corrected chi connectivity index (χ4v) is 3.17. The van der Waals surface area contributed by atoms with E-state index < -0.39 is 0 Å². The van der Waals surface area contributed by atoms with E-state index in [4.69, 9.17) is 17.3 Å². The van der Waals surface area contributed by atoms with Crippen LogP contribution in [-0.2, 0) is 0 Å². The maximum absolute atomic E-state index is 13.6. The molecule has 1 aliphatic heterocycles. The van der Waals surface area contributed by atoms with E-state index in [-0.39, 0.29) is 16.9 Å². The van der Waals surface area contributed by atoms with Gasteiger partial charge in [0, 0.05) is 18.6 Å². The van der Waals surface area contributed by atoms with Gasteiger partial charge in [0.2, 0.25) is 0 Å². The number of piperidine rings is 1. The van der Waals surface area contributed by atoms with Gasteiger partial charge in [-0.2, -0.15) is 0 Å². The van der Waals surface area contributed by atoms with Crippen molar-refractivity contribution in [1.82, 2.24) is 4.90 Å². The maximum Gasteiger partial charge on any atom is 0.142 e. The Bertz CT molecular complexity index is 425. The minimum atomic E-state index is -0.359.